The van der Waals surface area contributed by atoms with Gasteiger partial charge in [-0.05, 0) is 30.2 Å². The predicted octanol–water partition coefficient (Wildman–Crippen LogP) is 1.38. The lowest BCUT2D eigenvalue weighted by Gasteiger charge is -2.20. The van der Waals surface area contributed by atoms with Crippen LogP contribution >= 0.6 is 0 Å². The van der Waals surface area contributed by atoms with Gasteiger partial charge in [0.1, 0.15) is 5.76 Å². The number of furan rings is 1. The van der Waals surface area contributed by atoms with Crippen molar-refractivity contribution in [2.24, 2.45) is 4.99 Å². The molecule has 1 aliphatic rings. The van der Waals surface area contributed by atoms with Gasteiger partial charge >= 0.3 is 0 Å². The summed E-state index contributed by atoms with van der Waals surface area (Å²) < 4.78 is 32.1. The zero-order valence-corrected chi connectivity index (χ0v) is 15.6. The first-order valence-electron chi connectivity index (χ1n) is 8.65. The summed E-state index contributed by atoms with van der Waals surface area (Å²) in [5.74, 6) is 1.48. The first-order valence-corrected chi connectivity index (χ1v) is 10.3. The van der Waals surface area contributed by atoms with E-state index in [1.807, 2.05) is 36.4 Å². The molecule has 0 saturated heterocycles. The molecule has 0 bridgehead atoms. The van der Waals surface area contributed by atoms with Crippen LogP contribution in [-0.2, 0) is 22.9 Å². The minimum Gasteiger partial charge on any atom is -0.469 e. The number of para-hydroxylation sites is 1. The van der Waals surface area contributed by atoms with E-state index in [1.54, 1.807) is 13.3 Å². The summed E-state index contributed by atoms with van der Waals surface area (Å²) in [6.45, 7) is 1.46. The molecule has 7 nitrogen and oxygen atoms in total. The molecule has 0 aliphatic carbocycles. The summed E-state index contributed by atoms with van der Waals surface area (Å²) in [5, 5.41) is 6.21. The standard InChI is InChI=1S/C18H24N4O3S/c1-19-18(20-10-8-16-6-4-13-25-16)21-11-14-26(23,24)22-12-9-15-5-2-3-7-17(15)22/h2-7,13H,8-12,14H2,1H3,(H2,19,20,21). The van der Waals surface area contributed by atoms with Gasteiger partial charge in [0, 0.05) is 33.1 Å². The van der Waals surface area contributed by atoms with Gasteiger partial charge in [0.05, 0.1) is 17.7 Å². The lowest BCUT2D eigenvalue weighted by molar-refractivity contribution is 0.507. The Hall–Kier alpha value is -2.48. The number of benzene rings is 1. The molecular formula is C18H24N4O3S. The van der Waals surface area contributed by atoms with Gasteiger partial charge in [0.2, 0.25) is 10.0 Å². The van der Waals surface area contributed by atoms with E-state index in [1.165, 1.54) is 4.31 Å². The Bertz CT molecular complexity index is 847. The molecule has 0 amide bonds. The average molecular weight is 376 g/mol. The Morgan fingerprint density at radius 3 is 2.77 bits per heavy atom. The molecule has 0 fully saturated rings. The van der Waals surface area contributed by atoms with Crippen molar-refractivity contribution in [3.05, 3.63) is 54.0 Å². The normalized spacial score (nSPS) is 14.3. The molecule has 1 aliphatic heterocycles. The first-order chi connectivity index (χ1) is 12.6. The van der Waals surface area contributed by atoms with Gasteiger partial charge in [-0.3, -0.25) is 9.30 Å². The van der Waals surface area contributed by atoms with E-state index in [9.17, 15) is 8.42 Å². The minimum atomic E-state index is -3.36. The summed E-state index contributed by atoms with van der Waals surface area (Å²) >= 11 is 0. The van der Waals surface area contributed by atoms with Crippen LogP contribution in [0.5, 0.6) is 0 Å². The Labute approximate surface area is 154 Å². The molecule has 8 heteroatoms. The molecular weight excluding hydrogens is 352 g/mol. The molecule has 0 radical (unpaired) electrons. The van der Waals surface area contributed by atoms with Gasteiger partial charge in [-0.25, -0.2) is 8.42 Å². The van der Waals surface area contributed by atoms with E-state index in [-0.39, 0.29) is 5.75 Å². The van der Waals surface area contributed by atoms with Crippen LogP contribution in [-0.4, -0.2) is 46.8 Å². The van der Waals surface area contributed by atoms with Crippen LogP contribution in [0.25, 0.3) is 0 Å². The lowest BCUT2D eigenvalue weighted by atomic mass is 10.2. The van der Waals surface area contributed by atoms with Gasteiger partial charge in [0.15, 0.2) is 5.96 Å². The molecule has 1 aromatic carbocycles. The van der Waals surface area contributed by atoms with Gasteiger partial charge in [-0.15, -0.1) is 0 Å². The van der Waals surface area contributed by atoms with Crippen LogP contribution < -0.4 is 14.9 Å². The van der Waals surface area contributed by atoms with Gasteiger partial charge in [0.25, 0.3) is 0 Å². The molecule has 26 heavy (non-hydrogen) atoms. The van der Waals surface area contributed by atoms with Crippen LogP contribution in [0.2, 0.25) is 0 Å². The fourth-order valence-electron chi connectivity index (χ4n) is 2.99. The summed E-state index contributed by atoms with van der Waals surface area (Å²) in [6, 6.07) is 11.4. The van der Waals surface area contributed by atoms with Gasteiger partial charge < -0.3 is 15.1 Å². The van der Waals surface area contributed by atoms with Crippen molar-refractivity contribution in [1.29, 1.82) is 0 Å². The summed E-state index contributed by atoms with van der Waals surface area (Å²) in [7, 11) is -1.70. The molecule has 2 heterocycles. The van der Waals surface area contributed by atoms with E-state index in [0.29, 0.717) is 25.6 Å². The van der Waals surface area contributed by atoms with Crippen molar-refractivity contribution < 1.29 is 12.8 Å². The quantitative estimate of drug-likeness (QED) is 0.563. The monoisotopic (exact) mass is 376 g/mol. The second-order valence-corrected chi connectivity index (χ2v) is 8.03. The first kappa shape index (κ1) is 18.3. The highest BCUT2D eigenvalue weighted by Crippen LogP contribution is 2.29. The third kappa shape index (κ3) is 4.37. The maximum atomic E-state index is 12.6. The Morgan fingerprint density at radius 2 is 2.00 bits per heavy atom. The summed E-state index contributed by atoms with van der Waals surface area (Å²) in [5.41, 5.74) is 1.88. The molecule has 0 atom stereocenters. The largest absolute Gasteiger partial charge is 0.469 e. The highest BCUT2D eigenvalue weighted by atomic mass is 32.2. The summed E-state index contributed by atoms with van der Waals surface area (Å²) in [6.07, 6.45) is 3.14. The molecule has 0 spiro atoms. The van der Waals surface area contributed by atoms with Crippen molar-refractivity contribution >= 4 is 21.7 Å². The number of hydrogen-bond acceptors (Lipinski definition) is 4. The summed E-state index contributed by atoms with van der Waals surface area (Å²) in [4.78, 5) is 4.12. The van der Waals surface area contributed by atoms with Crippen molar-refractivity contribution in [1.82, 2.24) is 10.6 Å². The lowest BCUT2D eigenvalue weighted by Crippen LogP contribution is -2.42. The second-order valence-electron chi connectivity index (χ2n) is 6.02. The fourth-order valence-corrected chi connectivity index (χ4v) is 4.41. The maximum absolute atomic E-state index is 12.6. The minimum absolute atomic E-state index is 0.0141. The topological polar surface area (TPSA) is 86.9 Å². The third-order valence-electron chi connectivity index (χ3n) is 4.30. The van der Waals surface area contributed by atoms with E-state index in [4.69, 9.17) is 4.42 Å². The highest BCUT2D eigenvalue weighted by molar-refractivity contribution is 7.92. The van der Waals surface area contributed by atoms with Crippen LogP contribution in [0.1, 0.15) is 11.3 Å². The van der Waals surface area contributed by atoms with E-state index >= 15 is 0 Å². The molecule has 2 aromatic rings. The van der Waals surface area contributed by atoms with Crippen molar-refractivity contribution in [3.8, 4) is 0 Å². The smallest absolute Gasteiger partial charge is 0.236 e. The highest BCUT2D eigenvalue weighted by Gasteiger charge is 2.28. The Balaban J connectivity index is 1.47. The molecule has 1 aromatic heterocycles. The third-order valence-corrected chi connectivity index (χ3v) is 6.07. The number of fused-ring (bicyclic) bond motifs is 1. The number of rotatable bonds is 7. The van der Waals surface area contributed by atoms with Crippen molar-refractivity contribution in [2.75, 3.05) is 36.7 Å². The van der Waals surface area contributed by atoms with Crippen molar-refractivity contribution in [3.63, 3.8) is 0 Å². The second kappa shape index (κ2) is 8.27. The SMILES string of the molecule is CN=C(NCCc1ccco1)NCCS(=O)(=O)N1CCc2ccccc21. The van der Waals surface area contributed by atoms with Crippen LogP contribution in [0.3, 0.4) is 0 Å². The predicted molar refractivity (Wildman–Crippen MR) is 103 cm³/mol. The molecule has 0 saturated carbocycles. The number of anilines is 1. The average Bonchev–Trinajstić information content (AvgIpc) is 3.30. The van der Waals surface area contributed by atoms with Crippen LogP contribution in [0.15, 0.2) is 52.1 Å². The number of nitrogens with one attached hydrogen (secondary N) is 2. The van der Waals surface area contributed by atoms with Crippen molar-refractivity contribution in [2.45, 2.75) is 12.8 Å². The van der Waals surface area contributed by atoms with E-state index < -0.39 is 10.0 Å². The zero-order chi connectivity index (χ0) is 18.4. The molecule has 2 N–H and O–H groups in total. The van der Waals surface area contributed by atoms with Gasteiger partial charge in [-0.1, -0.05) is 18.2 Å². The molecule has 140 valence electrons. The van der Waals surface area contributed by atoms with E-state index in [0.717, 1.165) is 29.9 Å². The van der Waals surface area contributed by atoms with Crippen LogP contribution in [0.4, 0.5) is 5.69 Å². The number of guanidine groups is 1. The maximum Gasteiger partial charge on any atom is 0.236 e. The number of aliphatic imine (C=N–C) groups is 1. The molecule has 0 unspecified atom stereocenters. The number of hydrogen-bond donors (Lipinski definition) is 2. The Morgan fingerprint density at radius 1 is 1.19 bits per heavy atom. The zero-order valence-electron chi connectivity index (χ0n) is 14.8. The Kier molecular flexibility index (Phi) is 5.82. The molecule has 3 rings (SSSR count). The van der Waals surface area contributed by atoms with E-state index in [2.05, 4.69) is 15.6 Å². The number of nitrogens with zero attached hydrogens (tertiary/aromatic N) is 2. The number of sulfonamides is 1. The van der Waals surface area contributed by atoms with Gasteiger partial charge in [-0.2, -0.15) is 0 Å². The fraction of sp³-hybridized carbons (Fsp3) is 0.389. The van der Waals surface area contributed by atoms with Crippen LogP contribution in [0, 0.1) is 0 Å².